The third-order valence-electron chi connectivity index (χ3n) is 9.04. The predicted molar refractivity (Wildman–Crippen MR) is 238 cm³/mol. The summed E-state index contributed by atoms with van der Waals surface area (Å²) in [5.74, 6) is -4.63. The molecular formula is C50H95NbO10. The maximum atomic E-state index is 10.0. The van der Waals surface area contributed by atoms with Gasteiger partial charge >= 0.3 is 22.4 Å². The average Bonchev–Trinajstić information content (AvgIpc) is 3.02. The fourth-order valence-electron chi connectivity index (χ4n) is 5.51. The van der Waals surface area contributed by atoms with Crippen LogP contribution in [0.2, 0.25) is 0 Å². The van der Waals surface area contributed by atoms with Crippen LogP contribution in [0.15, 0.2) is 0 Å². The van der Waals surface area contributed by atoms with E-state index >= 15 is 0 Å². The van der Waals surface area contributed by atoms with E-state index in [2.05, 4.69) is 104 Å². The molecule has 61 heavy (non-hydrogen) atoms. The summed E-state index contributed by atoms with van der Waals surface area (Å²) in [5.41, 5.74) is 1.88. The van der Waals surface area contributed by atoms with Gasteiger partial charge in [0.2, 0.25) is 0 Å². The molecule has 0 aromatic rings. The molecule has 0 aliphatic heterocycles. The molecule has 0 rings (SSSR count). The Kier molecular flexibility index (Phi) is 47.4. The molecule has 0 aromatic heterocycles. The van der Waals surface area contributed by atoms with Crippen LogP contribution in [-0.2, 0) is 46.4 Å². The van der Waals surface area contributed by atoms with Gasteiger partial charge in [-0.25, -0.2) is 0 Å². The first kappa shape index (κ1) is 70.7. The van der Waals surface area contributed by atoms with Gasteiger partial charge in [-0.1, -0.05) is 168 Å². The van der Waals surface area contributed by atoms with E-state index in [1.54, 1.807) is 0 Å². The zero-order valence-electron chi connectivity index (χ0n) is 42.2. The van der Waals surface area contributed by atoms with Gasteiger partial charge in [0, 0.05) is 29.8 Å². The van der Waals surface area contributed by atoms with Gasteiger partial charge in [-0.3, -0.25) is 0 Å². The number of carboxylic acids is 5. The molecule has 10 nitrogen and oxygen atoms in total. The molecule has 0 atom stereocenters. The molecular weight excluding hydrogens is 853 g/mol. The van der Waals surface area contributed by atoms with E-state index in [1.165, 1.54) is 32.1 Å². The van der Waals surface area contributed by atoms with Crippen molar-refractivity contribution in [1.82, 2.24) is 0 Å². The van der Waals surface area contributed by atoms with Gasteiger partial charge in [-0.05, 0) is 123 Å². The minimum Gasteiger partial charge on any atom is -0.550 e. The van der Waals surface area contributed by atoms with E-state index < -0.39 is 29.8 Å². The molecule has 0 bridgehead atoms. The molecule has 0 aromatic carbocycles. The fraction of sp³-hybridized carbons (Fsp3) is 0.900. The van der Waals surface area contributed by atoms with Crippen LogP contribution in [0.1, 0.15) is 264 Å². The van der Waals surface area contributed by atoms with Crippen LogP contribution < -0.4 is 25.5 Å². The van der Waals surface area contributed by atoms with Crippen molar-refractivity contribution in [2.24, 2.45) is 27.1 Å². The molecule has 0 amide bonds. The van der Waals surface area contributed by atoms with Crippen molar-refractivity contribution in [3.05, 3.63) is 0 Å². The van der Waals surface area contributed by atoms with Gasteiger partial charge < -0.3 is 49.5 Å². The number of carbonyl (C=O) groups excluding carboxylic acids is 5. The van der Waals surface area contributed by atoms with Gasteiger partial charge in [-0.2, -0.15) is 0 Å². The molecule has 0 aliphatic carbocycles. The number of hydrogen-bond acceptors (Lipinski definition) is 10. The summed E-state index contributed by atoms with van der Waals surface area (Å²) in [7, 11) is 0. The van der Waals surface area contributed by atoms with Crippen LogP contribution >= 0.6 is 0 Å². The zero-order valence-corrected chi connectivity index (χ0v) is 44.4. The van der Waals surface area contributed by atoms with Crippen molar-refractivity contribution < 1.29 is 71.9 Å². The minimum atomic E-state index is -0.925. The smallest absolute Gasteiger partial charge is 0.550 e. The van der Waals surface area contributed by atoms with Gasteiger partial charge in [0.25, 0.3) is 0 Å². The monoisotopic (exact) mass is 949 g/mol. The number of carboxylic acid groups (broad SMARTS) is 5. The first-order chi connectivity index (χ1) is 27.1. The molecule has 0 heterocycles. The number of aliphatic carboxylic acids is 5. The molecule has 360 valence electrons. The van der Waals surface area contributed by atoms with Gasteiger partial charge in [-0.15, -0.1) is 0 Å². The molecule has 0 saturated heterocycles. The predicted octanol–water partition coefficient (Wildman–Crippen LogP) is 8.66. The van der Waals surface area contributed by atoms with Crippen LogP contribution in [-0.4, -0.2) is 29.8 Å². The number of rotatable bonds is 25. The first-order valence-electron chi connectivity index (χ1n) is 23.1. The fourth-order valence-corrected chi connectivity index (χ4v) is 5.51. The van der Waals surface area contributed by atoms with E-state index in [9.17, 15) is 49.5 Å². The SMILES string of the molecule is CC(C)(C)CCCCCC(=O)[O-].CC(C)(C)CCCCCC(=O)[O-].CC(C)(C)CCCCCC(=O)[O-].CC(C)(C)CCCCCC(=O)[O-].CC(C)(C)CCCCCC(=O)[O-].[Nb+5]. The summed E-state index contributed by atoms with van der Waals surface area (Å²) < 4.78 is 0. The number of unbranched alkanes of at least 4 members (excludes halogenated alkanes) is 10. The largest absolute Gasteiger partial charge is 5.00 e. The third kappa shape index (κ3) is 98.4. The van der Waals surface area contributed by atoms with Crippen LogP contribution in [0, 0.1) is 27.1 Å². The number of hydrogen-bond donors (Lipinski definition) is 0. The summed E-state index contributed by atoms with van der Waals surface area (Å²) in [6.07, 6.45) is 21.3. The number of carbonyl (C=O) groups is 5. The summed E-state index contributed by atoms with van der Waals surface area (Å²) in [6, 6.07) is 0. The van der Waals surface area contributed by atoms with E-state index in [-0.39, 0.29) is 54.5 Å². The second-order valence-corrected chi connectivity index (χ2v) is 22.5. The minimum absolute atomic E-state index is 0. The van der Waals surface area contributed by atoms with Crippen molar-refractivity contribution in [3.8, 4) is 0 Å². The van der Waals surface area contributed by atoms with Gasteiger partial charge in [0.1, 0.15) is 0 Å². The summed E-state index contributed by atoms with van der Waals surface area (Å²) >= 11 is 0. The van der Waals surface area contributed by atoms with Crippen LogP contribution in [0.3, 0.4) is 0 Å². The Labute approximate surface area is 391 Å². The van der Waals surface area contributed by atoms with Crippen molar-refractivity contribution in [3.63, 3.8) is 0 Å². The van der Waals surface area contributed by atoms with E-state index in [0.717, 1.165) is 96.3 Å². The summed E-state index contributed by atoms with van der Waals surface area (Å²) in [6.45, 7) is 33.0. The van der Waals surface area contributed by atoms with Crippen molar-refractivity contribution in [2.75, 3.05) is 0 Å². The quantitative estimate of drug-likeness (QED) is 0.0630. The zero-order chi connectivity index (χ0) is 48.1. The Morgan fingerprint density at radius 3 is 0.443 bits per heavy atom. The molecule has 11 heteroatoms. The Bertz CT molecular complexity index is 871. The molecule has 0 saturated carbocycles. The average molecular weight is 949 g/mol. The first-order valence-corrected chi connectivity index (χ1v) is 23.1. The second kappa shape index (κ2) is 40.8. The van der Waals surface area contributed by atoms with Crippen LogP contribution in [0.4, 0.5) is 0 Å². The normalized spacial score (nSPS) is 11.4. The van der Waals surface area contributed by atoms with E-state index in [4.69, 9.17) is 0 Å². The third-order valence-corrected chi connectivity index (χ3v) is 9.04. The Morgan fingerprint density at radius 1 is 0.246 bits per heavy atom. The van der Waals surface area contributed by atoms with Crippen molar-refractivity contribution in [2.45, 2.75) is 264 Å². The van der Waals surface area contributed by atoms with Gasteiger partial charge in [0.05, 0.1) is 0 Å². The van der Waals surface area contributed by atoms with Crippen molar-refractivity contribution in [1.29, 1.82) is 0 Å². The standard InChI is InChI=1S/5C10H20O2.Nb/c5*1-10(2,3)8-6-4-5-7-9(11)12;/h5*4-8H2,1-3H3,(H,11,12);/q;;;;;+5/p-5. The molecule has 0 fully saturated rings. The molecule has 0 unspecified atom stereocenters. The Hall–Kier alpha value is -1.91. The molecule has 0 aliphatic rings. The summed E-state index contributed by atoms with van der Waals surface area (Å²) in [5, 5.41) is 50.2. The van der Waals surface area contributed by atoms with E-state index in [1.807, 2.05) is 0 Å². The topological polar surface area (TPSA) is 201 Å². The molecule has 0 spiro atoms. The Balaban J connectivity index is -0.000000154. The second-order valence-electron chi connectivity index (χ2n) is 22.5. The maximum absolute atomic E-state index is 10.0. The van der Waals surface area contributed by atoms with Crippen molar-refractivity contribution >= 4 is 29.8 Å². The van der Waals surface area contributed by atoms with Gasteiger partial charge in [0.15, 0.2) is 0 Å². The van der Waals surface area contributed by atoms with E-state index in [0.29, 0.717) is 27.1 Å². The van der Waals surface area contributed by atoms with Crippen LogP contribution in [0.25, 0.3) is 0 Å². The Morgan fingerprint density at radius 2 is 0.361 bits per heavy atom. The maximum Gasteiger partial charge on any atom is 5.00 e. The summed E-state index contributed by atoms with van der Waals surface area (Å²) in [4.78, 5) is 50.2. The molecule has 0 radical (unpaired) electrons. The van der Waals surface area contributed by atoms with Crippen LogP contribution in [0.5, 0.6) is 0 Å². The molecule has 0 N–H and O–H groups in total.